The molecule has 2 rings (SSSR count). The third kappa shape index (κ3) is 3.45. The molecule has 1 unspecified atom stereocenters. The second-order valence-corrected chi connectivity index (χ2v) is 5.02. The molecule has 0 saturated carbocycles. The fourth-order valence-electron chi connectivity index (χ4n) is 1.71. The summed E-state index contributed by atoms with van der Waals surface area (Å²) in [6.07, 6.45) is 0.323. The van der Waals surface area contributed by atoms with Crippen molar-refractivity contribution in [2.75, 3.05) is 7.11 Å². The Morgan fingerprint density at radius 2 is 2.00 bits per heavy atom. The molecular formula is C14H14BrNO3. The molecule has 1 atom stereocenters. The first-order chi connectivity index (χ1) is 9.10. The second-order valence-electron chi connectivity index (χ2n) is 4.11. The van der Waals surface area contributed by atoms with E-state index in [9.17, 15) is 4.79 Å². The smallest absolute Gasteiger partial charge is 0.323 e. The van der Waals surface area contributed by atoms with Gasteiger partial charge in [0.2, 0.25) is 0 Å². The predicted molar refractivity (Wildman–Crippen MR) is 75.5 cm³/mol. The largest absolute Gasteiger partial charge is 0.468 e. The number of hydrogen-bond acceptors (Lipinski definition) is 4. The van der Waals surface area contributed by atoms with Gasteiger partial charge in [0, 0.05) is 16.5 Å². The standard InChI is InChI=1S/C14H14BrNO3/c1-18-14(17)12(16)8-11-6-7-13(19-11)9-2-4-10(15)5-3-9/h2-7,12H,8,16H2,1H3. The lowest BCUT2D eigenvalue weighted by atomic mass is 10.2. The van der Waals surface area contributed by atoms with Crippen LogP contribution in [-0.2, 0) is 16.0 Å². The van der Waals surface area contributed by atoms with Gasteiger partial charge in [0.15, 0.2) is 0 Å². The van der Waals surface area contributed by atoms with E-state index < -0.39 is 12.0 Å². The Labute approximate surface area is 119 Å². The van der Waals surface area contributed by atoms with Gasteiger partial charge in [-0.05, 0) is 24.3 Å². The Hall–Kier alpha value is -1.59. The zero-order chi connectivity index (χ0) is 13.8. The fourth-order valence-corrected chi connectivity index (χ4v) is 1.97. The first-order valence-electron chi connectivity index (χ1n) is 5.78. The lowest BCUT2D eigenvalue weighted by Crippen LogP contribution is -2.33. The van der Waals surface area contributed by atoms with E-state index in [1.54, 1.807) is 0 Å². The van der Waals surface area contributed by atoms with Crippen LogP contribution < -0.4 is 5.73 Å². The van der Waals surface area contributed by atoms with Gasteiger partial charge in [0.25, 0.3) is 0 Å². The van der Waals surface area contributed by atoms with Crippen LogP contribution in [0.2, 0.25) is 0 Å². The van der Waals surface area contributed by atoms with Crippen molar-refractivity contribution in [2.45, 2.75) is 12.5 Å². The van der Waals surface area contributed by atoms with Crippen molar-refractivity contribution in [1.29, 1.82) is 0 Å². The number of carbonyl (C=O) groups excluding carboxylic acids is 1. The maximum absolute atomic E-state index is 11.2. The van der Waals surface area contributed by atoms with Crippen LogP contribution >= 0.6 is 15.9 Å². The molecule has 2 aromatic rings. The van der Waals surface area contributed by atoms with Crippen molar-refractivity contribution < 1.29 is 13.9 Å². The molecule has 2 N–H and O–H groups in total. The minimum Gasteiger partial charge on any atom is -0.468 e. The van der Waals surface area contributed by atoms with Gasteiger partial charge in [0.05, 0.1) is 7.11 Å². The first kappa shape index (κ1) is 13.8. The average molecular weight is 324 g/mol. The molecule has 0 saturated heterocycles. The van der Waals surface area contributed by atoms with Crippen LogP contribution in [0.1, 0.15) is 5.76 Å². The number of benzene rings is 1. The number of methoxy groups -OCH3 is 1. The molecule has 0 radical (unpaired) electrons. The van der Waals surface area contributed by atoms with E-state index in [-0.39, 0.29) is 0 Å². The Morgan fingerprint density at radius 3 is 2.63 bits per heavy atom. The van der Waals surface area contributed by atoms with Crippen LogP contribution in [-0.4, -0.2) is 19.1 Å². The monoisotopic (exact) mass is 323 g/mol. The molecule has 0 bridgehead atoms. The summed E-state index contributed by atoms with van der Waals surface area (Å²) in [6, 6.07) is 10.8. The summed E-state index contributed by atoms with van der Waals surface area (Å²) in [7, 11) is 1.32. The summed E-state index contributed by atoms with van der Waals surface area (Å²) in [5.41, 5.74) is 6.66. The zero-order valence-electron chi connectivity index (χ0n) is 10.4. The lowest BCUT2D eigenvalue weighted by molar-refractivity contribution is -0.142. The van der Waals surface area contributed by atoms with E-state index >= 15 is 0 Å². The van der Waals surface area contributed by atoms with E-state index in [0.29, 0.717) is 12.2 Å². The van der Waals surface area contributed by atoms with E-state index in [1.807, 2.05) is 36.4 Å². The van der Waals surface area contributed by atoms with Gasteiger partial charge in [-0.25, -0.2) is 0 Å². The minimum atomic E-state index is -0.700. The molecule has 1 heterocycles. The van der Waals surface area contributed by atoms with E-state index in [1.165, 1.54) is 7.11 Å². The Balaban J connectivity index is 2.11. The highest BCUT2D eigenvalue weighted by Crippen LogP contribution is 2.24. The summed E-state index contributed by atoms with van der Waals surface area (Å²) in [5, 5.41) is 0. The van der Waals surface area contributed by atoms with Gasteiger partial charge in [-0.1, -0.05) is 28.1 Å². The SMILES string of the molecule is COC(=O)C(N)Cc1ccc(-c2ccc(Br)cc2)o1. The van der Waals surface area contributed by atoms with Crippen molar-refractivity contribution in [3.63, 3.8) is 0 Å². The maximum Gasteiger partial charge on any atom is 0.323 e. The Kier molecular flexibility index (Phi) is 4.39. The Bertz CT molecular complexity index is 562. The predicted octanol–water partition coefficient (Wildman–Crippen LogP) is 2.75. The molecule has 4 nitrogen and oxygen atoms in total. The number of esters is 1. The summed E-state index contributed by atoms with van der Waals surface area (Å²) in [5.74, 6) is 0.969. The maximum atomic E-state index is 11.2. The van der Waals surface area contributed by atoms with Crippen molar-refractivity contribution in [3.05, 3.63) is 46.6 Å². The molecule has 5 heteroatoms. The number of rotatable bonds is 4. The van der Waals surface area contributed by atoms with Crippen LogP contribution in [0.4, 0.5) is 0 Å². The van der Waals surface area contributed by atoms with Crippen LogP contribution in [0.25, 0.3) is 11.3 Å². The molecule has 1 aromatic heterocycles. The summed E-state index contributed by atoms with van der Waals surface area (Å²) in [6.45, 7) is 0. The van der Waals surface area contributed by atoms with Crippen molar-refractivity contribution in [2.24, 2.45) is 5.73 Å². The molecule has 0 aliphatic heterocycles. The molecule has 0 spiro atoms. The zero-order valence-corrected chi connectivity index (χ0v) is 12.0. The highest BCUT2D eigenvalue weighted by Gasteiger charge is 2.16. The topological polar surface area (TPSA) is 65.5 Å². The van der Waals surface area contributed by atoms with Crippen LogP contribution in [0.5, 0.6) is 0 Å². The van der Waals surface area contributed by atoms with Gasteiger partial charge in [0.1, 0.15) is 17.6 Å². The van der Waals surface area contributed by atoms with Crippen molar-refractivity contribution in [1.82, 2.24) is 0 Å². The lowest BCUT2D eigenvalue weighted by Gasteiger charge is -2.06. The van der Waals surface area contributed by atoms with Crippen LogP contribution in [0.15, 0.2) is 45.3 Å². The molecule has 0 aliphatic rings. The van der Waals surface area contributed by atoms with Gasteiger partial charge in [-0.2, -0.15) is 0 Å². The molecular weight excluding hydrogens is 310 g/mol. The quantitative estimate of drug-likeness (QED) is 0.878. The number of carbonyl (C=O) groups is 1. The van der Waals surface area contributed by atoms with Crippen molar-refractivity contribution in [3.8, 4) is 11.3 Å². The van der Waals surface area contributed by atoms with Gasteiger partial charge < -0.3 is 14.9 Å². The average Bonchev–Trinajstić information content (AvgIpc) is 2.87. The summed E-state index contributed by atoms with van der Waals surface area (Å²) < 4.78 is 11.3. The van der Waals surface area contributed by atoms with Gasteiger partial charge in [-0.15, -0.1) is 0 Å². The summed E-state index contributed by atoms with van der Waals surface area (Å²) >= 11 is 3.38. The number of hydrogen-bond donors (Lipinski definition) is 1. The number of furan rings is 1. The number of nitrogens with two attached hydrogens (primary N) is 1. The fraction of sp³-hybridized carbons (Fsp3) is 0.214. The molecule has 0 amide bonds. The number of ether oxygens (including phenoxy) is 1. The third-order valence-corrected chi connectivity index (χ3v) is 3.24. The van der Waals surface area contributed by atoms with Crippen LogP contribution in [0.3, 0.4) is 0 Å². The van der Waals surface area contributed by atoms with E-state index in [2.05, 4.69) is 20.7 Å². The molecule has 0 aliphatic carbocycles. The number of halogens is 1. The highest BCUT2D eigenvalue weighted by atomic mass is 79.9. The summed E-state index contributed by atoms with van der Waals surface area (Å²) in [4.78, 5) is 11.2. The van der Waals surface area contributed by atoms with E-state index in [0.717, 1.165) is 15.8 Å². The van der Waals surface area contributed by atoms with Crippen molar-refractivity contribution >= 4 is 21.9 Å². The third-order valence-electron chi connectivity index (χ3n) is 2.72. The molecule has 1 aromatic carbocycles. The normalized spacial score (nSPS) is 12.2. The van der Waals surface area contributed by atoms with Gasteiger partial charge in [-0.3, -0.25) is 4.79 Å². The van der Waals surface area contributed by atoms with E-state index in [4.69, 9.17) is 10.2 Å². The minimum absolute atomic E-state index is 0.323. The first-order valence-corrected chi connectivity index (χ1v) is 6.57. The molecule has 0 fully saturated rings. The van der Waals surface area contributed by atoms with Crippen LogP contribution in [0, 0.1) is 0 Å². The Morgan fingerprint density at radius 1 is 1.32 bits per heavy atom. The molecule has 19 heavy (non-hydrogen) atoms. The second kappa shape index (κ2) is 6.04. The molecule has 100 valence electrons. The van der Waals surface area contributed by atoms with Gasteiger partial charge >= 0.3 is 5.97 Å². The highest BCUT2D eigenvalue weighted by molar-refractivity contribution is 9.10.